The number of para-hydroxylation sites is 1. The Morgan fingerprint density at radius 3 is 2.38 bits per heavy atom. The van der Waals surface area contributed by atoms with Crippen LogP contribution in [0.15, 0.2) is 58.7 Å². The van der Waals surface area contributed by atoms with Gasteiger partial charge >= 0.3 is 5.97 Å². The van der Waals surface area contributed by atoms with Crippen LogP contribution in [0.4, 0.5) is 8.78 Å². The number of likely N-dealkylation sites (tertiary alicyclic amines) is 1. The third-order valence-electron chi connectivity index (χ3n) is 7.92. The number of halogens is 2. The molecule has 1 fully saturated rings. The van der Waals surface area contributed by atoms with Crippen molar-refractivity contribution in [2.24, 2.45) is 4.99 Å². The number of benzene rings is 2. The van der Waals surface area contributed by atoms with Crippen LogP contribution in [0.3, 0.4) is 0 Å². The molecule has 0 radical (unpaired) electrons. The van der Waals surface area contributed by atoms with Gasteiger partial charge in [0.05, 0.1) is 31.5 Å². The number of nitrogens with zero attached hydrogens (tertiary/aromatic N) is 3. The third kappa shape index (κ3) is 6.67. The van der Waals surface area contributed by atoms with Gasteiger partial charge in [-0.25, -0.2) is 18.6 Å². The summed E-state index contributed by atoms with van der Waals surface area (Å²) in [6, 6.07) is 11.5. The molecule has 2 heterocycles. The summed E-state index contributed by atoms with van der Waals surface area (Å²) in [4.78, 5) is 21.8. The Labute approximate surface area is 230 Å². The molecule has 0 saturated carbocycles. The number of carbonyl (C=O) groups is 1. The highest BCUT2D eigenvalue weighted by Crippen LogP contribution is 2.37. The van der Waals surface area contributed by atoms with Gasteiger partial charge in [-0.2, -0.15) is 0 Å². The number of aliphatic imine (C=N–C) groups is 1. The van der Waals surface area contributed by atoms with Crippen molar-refractivity contribution in [1.29, 1.82) is 0 Å². The Bertz CT molecular complexity index is 1220. The minimum absolute atomic E-state index is 0.354. The predicted octanol–water partition coefficient (Wildman–Crippen LogP) is 6.25. The number of ether oxygens (including phenoxy) is 2. The van der Waals surface area contributed by atoms with Gasteiger partial charge in [-0.15, -0.1) is 0 Å². The van der Waals surface area contributed by atoms with E-state index in [1.165, 1.54) is 18.7 Å². The van der Waals surface area contributed by atoms with Gasteiger partial charge in [-0.1, -0.05) is 30.7 Å². The number of amidine groups is 1. The molecule has 2 aromatic carbocycles. The van der Waals surface area contributed by atoms with Crippen LogP contribution in [0.25, 0.3) is 0 Å². The Kier molecular flexibility index (Phi) is 9.73. The lowest BCUT2D eigenvalue weighted by Crippen LogP contribution is -2.40. The van der Waals surface area contributed by atoms with Crippen LogP contribution in [0, 0.1) is 11.6 Å². The molecule has 210 valence electrons. The highest BCUT2D eigenvalue weighted by atomic mass is 19.2. The summed E-state index contributed by atoms with van der Waals surface area (Å²) in [5.74, 6) is -0.113. The lowest BCUT2D eigenvalue weighted by atomic mass is 9.88. The normalized spacial score (nSPS) is 18.8. The van der Waals surface area contributed by atoms with E-state index in [2.05, 4.69) is 22.0 Å². The second-order valence-corrected chi connectivity index (χ2v) is 10.3. The number of hydrogen-bond donors (Lipinski definition) is 0. The number of methoxy groups -OCH3 is 2. The van der Waals surface area contributed by atoms with Crippen molar-refractivity contribution in [3.63, 3.8) is 0 Å². The van der Waals surface area contributed by atoms with Gasteiger partial charge in [0.25, 0.3) is 0 Å². The molecule has 39 heavy (non-hydrogen) atoms. The first-order chi connectivity index (χ1) is 18.8. The lowest BCUT2D eigenvalue weighted by molar-refractivity contribution is -0.136. The van der Waals surface area contributed by atoms with Crippen molar-refractivity contribution in [2.75, 3.05) is 40.4 Å². The number of piperidine rings is 1. The topological polar surface area (TPSA) is 54.4 Å². The Balaban J connectivity index is 1.33. The lowest BCUT2D eigenvalue weighted by Gasteiger charge is -2.38. The molecule has 2 aliphatic heterocycles. The second-order valence-electron chi connectivity index (χ2n) is 10.3. The van der Waals surface area contributed by atoms with Crippen LogP contribution in [0.5, 0.6) is 5.75 Å². The van der Waals surface area contributed by atoms with E-state index in [1.807, 2.05) is 24.0 Å². The van der Waals surface area contributed by atoms with Crippen LogP contribution in [-0.2, 0) is 9.53 Å². The first-order valence-corrected chi connectivity index (χ1v) is 13.7. The van der Waals surface area contributed by atoms with E-state index in [9.17, 15) is 13.6 Å². The van der Waals surface area contributed by atoms with Crippen LogP contribution in [0.1, 0.15) is 69.0 Å². The van der Waals surface area contributed by atoms with E-state index in [0.717, 1.165) is 75.5 Å². The molecule has 0 bridgehead atoms. The highest BCUT2D eigenvalue weighted by molar-refractivity contribution is 5.95. The molecule has 1 unspecified atom stereocenters. The van der Waals surface area contributed by atoms with Crippen molar-refractivity contribution in [3.8, 4) is 5.75 Å². The third-order valence-corrected chi connectivity index (χ3v) is 7.92. The van der Waals surface area contributed by atoms with Crippen LogP contribution in [0.2, 0.25) is 0 Å². The fraction of sp³-hybridized carbons (Fsp3) is 0.484. The average molecular weight is 540 g/mol. The van der Waals surface area contributed by atoms with Crippen LogP contribution >= 0.6 is 0 Å². The highest BCUT2D eigenvalue weighted by Gasteiger charge is 2.35. The minimum Gasteiger partial charge on any atom is -0.496 e. The molecule has 0 spiro atoms. The molecule has 0 amide bonds. The van der Waals surface area contributed by atoms with Crippen molar-refractivity contribution in [3.05, 3.63) is 76.5 Å². The number of rotatable bonds is 10. The van der Waals surface area contributed by atoms with Gasteiger partial charge in [-0.3, -0.25) is 0 Å². The summed E-state index contributed by atoms with van der Waals surface area (Å²) in [5.41, 5.74) is 2.69. The van der Waals surface area contributed by atoms with Crippen molar-refractivity contribution >= 4 is 11.8 Å². The van der Waals surface area contributed by atoms with Crippen LogP contribution in [-0.4, -0.2) is 62.0 Å². The Morgan fingerprint density at radius 1 is 0.974 bits per heavy atom. The van der Waals surface area contributed by atoms with Gasteiger partial charge in [0.15, 0.2) is 11.6 Å². The van der Waals surface area contributed by atoms with E-state index in [0.29, 0.717) is 29.3 Å². The smallest absolute Gasteiger partial charge is 0.338 e. The van der Waals surface area contributed by atoms with Gasteiger partial charge in [0, 0.05) is 6.54 Å². The number of esters is 1. The van der Waals surface area contributed by atoms with Crippen LogP contribution < -0.4 is 4.74 Å². The summed E-state index contributed by atoms with van der Waals surface area (Å²) >= 11 is 0. The van der Waals surface area contributed by atoms with Gasteiger partial charge in [0.2, 0.25) is 0 Å². The molecule has 0 aliphatic carbocycles. The fourth-order valence-electron chi connectivity index (χ4n) is 5.86. The van der Waals surface area contributed by atoms with E-state index in [1.54, 1.807) is 14.0 Å². The Hall–Kier alpha value is -3.26. The van der Waals surface area contributed by atoms with Gasteiger partial charge in [0.1, 0.15) is 11.6 Å². The molecule has 2 aromatic rings. The zero-order chi connectivity index (χ0) is 27.9. The van der Waals surface area contributed by atoms with Gasteiger partial charge in [-0.05, 0) is 94.4 Å². The fourth-order valence-corrected chi connectivity index (χ4v) is 5.86. The summed E-state index contributed by atoms with van der Waals surface area (Å²) in [7, 11) is 3.05. The van der Waals surface area contributed by atoms with E-state index in [4.69, 9.17) is 9.47 Å². The molecular weight excluding hydrogens is 500 g/mol. The first kappa shape index (κ1) is 28.7. The zero-order valence-electron chi connectivity index (χ0n) is 23.4. The summed E-state index contributed by atoms with van der Waals surface area (Å²) in [6.07, 6.45) is 5.22. The van der Waals surface area contributed by atoms with Crippen molar-refractivity contribution < 1.29 is 23.0 Å². The maximum Gasteiger partial charge on any atom is 0.338 e. The molecule has 6 nitrogen and oxygen atoms in total. The Morgan fingerprint density at radius 2 is 1.69 bits per heavy atom. The molecule has 1 saturated heterocycles. The summed E-state index contributed by atoms with van der Waals surface area (Å²) in [6.45, 7) is 7.47. The summed E-state index contributed by atoms with van der Waals surface area (Å²) < 4.78 is 38.5. The predicted molar refractivity (Wildman–Crippen MR) is 149 cm³/mol. The number of hydrogen-bond acceptors (Lipinski definition) is 6. The molecule has 2 aliphatic rings. The SMILES string of the molecule is COC(=O)C1=C(C)N=C(C)N(CCCCCN2CCC(c3ccccc3OC)CC2)C1c1ccc(F)c(F)c1. The maximum atomic E-state index is 14.2. The minimum atomic E-state index is -0.941. The average Bonchev–Trinajstić information content (AvgIpc) is 2.95. The molecule has 4 rings (SSSR count). The summed E-state index contributed by atoms with van der Waals surface area (Å²) in [5, 5.41) is 0. The van der Waals surface area contributed by atoms with Crippen molar-refractivity contribution in [2.45, 2.75) is 57.9 Å². The number of unbranched alkanes of at least 4 members (excludes halogenated alkanes) is 2. The standard InChI is InChI=1S/C31H39F2N3O3/c1-21-29(31(37)39-4)30(24-12-13-26(32)27(33)20-24)36(22(2)34-21)17-9-5-8-16-35-18-14-23(15-19-35)25-10-6-7-11-28(25)38-3/h6-7,10-13,20,23,30H,5,8-9,14-19H2,1-4H3. The molecule has 0 N–H and O–H groups in total. The second kappa shape index (κ2) is 13.2. The molecule has 1 atom stereocenters. The number of allylic oxidation sites excluding steroid dienone is 1. The number of carbonyl (C=O) groups excluding carboxylic acids is 1. The zero-order valence-corrected chi connectivity index (χ0v) is 23.4. The first-order valence-electron chi connectivity index (χ1n) is 13.7. The quantitative estimate of drug-likeness (QED) is 0.264. The monoisotopic (exact) mass is 539 g/mol. The maximum absolute atomic E-state index is 14.2. The molecule has 8 heteroatoms. The molecular formula is C31H39F2N3O3. The van der Waals surface area contributed by atoms with E-state index in [-0.39, 0.29) is 0 Å². The van der Waals surface area contributed by atoms with E-state index >= 15 is 0 Å². The van der Waals surface area contributed by atoms with E-state index < -0.39 is 23.6 Å². The van der Waals surface area contributed by atoms with Crippen molar-refractivity contribution in [1.82, 2.24) is 9.80 Å². The largest absolute Gasteiger partial charge is 0.496 e. The van der Waals surface area contributed by atoms with Gasteiger partial charge < -0.3 is 19.3 Å². The molecule has 0 aromatic heterocycles.